The summed E-state index contributed by atoms with van der Waals surface area (Å²) in [5.41, 5.74) is 1.00. The number of morpholine rings is 1. The van der Waals surface area contributed by atoms with E-state index >= 15 is 0 Å². The summed E-state index contributed by atoms with van der Waals surface area (Å²) in [4.78, 5) is 15.4. The van der Waals surface area contributed by atoms with E-state index in [2.05, 4.69) is 31.7 Å². The van der Waals surface area contributed by atoms with Crippen LogP contribution in [0.15, 0.2) is 42.6 Å². The summed E-state index contributed by atoms with van der Waals surface area (Å²) in [6, 6.07) is 8.19. The van der Waals surface area contributed by atoms with Crippen LogP contribution in [0.25, 0.3) is 11.2 Å². The molecule has 0 unspecified atom stereocenters. The molecule has 1 aliphatic rings. The first-order chi connectivity index (χ1) is 15.5. The topological polar surface area (TPSA) is 60.4 Å². The van der Waals surface area contributed by atoms with Crippen LogP contribution >= 0.6 is 0 Å². The molecule has 0 bridgehead atoms. The standard InChI is InChI=1S/C23H21F3N4O2/c24-23(25,26)18-7-4-17(5-8-18)6-9-20-22(29-19-3-1-10-27-21(19)28-20)32-14-2-11-30-12-15-31-16-13-30/h1,3-5,7-8,10H,2,11-16H2. The number of hydrogen-bond donors (Lipinski definition) is 0. The Hall–Kier alpha value is -3.22. The second-order valence-electron chi connectivity index (χ2n) is 7.20. The molecule has 3 heterocycles. The van der Waals surface area contributed by atoms with Crippen molar-refractivity contribution in [3.8, 4) is 17.7 Å². The molecule has 4 rings (SSSR count). The molecule has 0 aliphatic carbocycles. The Balaban J connectivity index is 1.50. The van der Waals surface area contributed by atoms with Gasteiger partial charge in [-0.15, -0.1) is 0 Å². The predicted molar refractivity (Wildman–Crippen MR) is 112 cm³/mol. The highest BCUT2D eigenvalue weighted by Gasteiger charge is 2.29. The van der Waals surface area contributed by atoms with Crippen molar-refractivity contribution in [2.75, 3.05) is 39.5 Å². The number of benzene rings is 1. The van der Waals surface area contributed by atoms with E-state index in [1.54, 1.807) is 18.3 Å². The second-order valence-corrected chi connectivity index (χ2v) is 7.20. The molecule has 1 aliphatic heterocycles. The third-order valence-electron chi connectivity index (χ3n) is 4.91. The van der Waals surface area contributed by atoms with Crippen LogP contribution in [0, 0.1) is 11.8 Å². The highest BCUT2D eigenvalue weighted by molar-refractivity contribution is 5.71. The molecule has 2 aromatic heterocycles. The zero-order valence-electron chi connectivity index (χ0n) is 17.2. The largest absolute Gasteiger partial charge is 0.476 e. The van der Waals surface area contributed by atoms with Gasteiger partial charge in [0.2, 0.25) is 5.88 Å². The highest BCUT2D eigenvalue weighted by atomic mass is 19.4. The Morgan fingerprint density at radius 3 is 2.56 bits per heavy atom. The third kappa shape index (κ3) is 5.72. The maximum Gasteiger partial charge on any atom is 0.416 e. The molecule has 1 aromatic carbocycles. The normalized spacial score (nSPS) is 14.7. The van der Waals surface area contributed by atoms with Crippen molar-refractivity contribution in [2.24, 2.45) is 0 Å². The summed E-state index contributed by atoms with van der Waals surface area (Å²) in [6.07, 6.45) is -1.98. The van der Waals surface area contributed by atoms with Crippen LogP contribution in [0.5, 0.6) is 5.88 Å². The lowest BCUT2D eigenvalue weighted by atomic mass is 10.1. The highest BCUT2D eigenvalue weighted by Crippen LogP contribution is 2.29. The Morgan fingerprint density at radius 1 is 1.03 bits per heavy atom. The minimum Gasteiger partial charge on any atom is -0.476 e. The number of rotatable bonds is 5. The van der Waals surface area contributed by atoms with Gasteiger partial charge in [-0.05, 0) is 48.7 Å². The first-order valence-electron chi connectivity index (χ1n) is 10.2. The maximum absolute atomic E-state index is 12.8. The number of aromatic nitrogens is 3. The van der Waals surface area contributed by atoms with Gasteiger partial charge in [0.05, 0.1) is 25.4 Å². The smallest absolute Gasteiger partial charge is 0.416 e. The van der Waals surface area contributed by atoms with Crippen LogP contribution in [-0.4, -0.2) is 59.3 Å². The average molecular weight is 442 g/mol. The molecule has 1 saturated heterocycles. The molecule has 0 N–H and O–H groups in total. The molecule has 6 nitrogen and oxygen atoms in total. The Labute approximate surface area is 183 Å². The molecule has 0 radical (unpaired) electrons. The van der Waals surface area contributed by atoms with Gasteiger partial charge in [0, 0.05) is 31.4 Å². The van der Waals surface area contributed by atoms with Gasteiger partial charge in [0.1, 0.15) is 5.52 Å². The number of pyridine rings is 1. The fraction of sp³-hybridized carbons (Fsp3) is 0.348. The van der Waals surface area contributed by atoms with Crippen LogP contribution in [0.2, 0.25) is 0 Å². The summed E-state index contributed by atoms with van der Waals surface area (Å²) < 4.78 is 49.5. The van der Waals surface area contributed by atoms with E-state index in [0.717, 1.165) is 51.4 Å². The van der Waals surface area contributed by atoms with Gasteiger partial charge in [-0.25, -0.2) is 15.0 Å². The maximum atomic E-state index is 12.8. The lowest BCUT2D eigenvalue weighted by molar-refractivity contribution is -0.137. The van der Waals surface area contributed by atoms with Gasteiger partial charge in [0.15, 0.2) is 11.3 Å². The van der Waals surface area contributed by atoms with Crippen LogP contribution in [0.4, 0.5) is 13.2 Å². The van der Waals surface area contributed by atoms with Crippen molar-refractivity contribution >= 4 is 11.2 Å². The van der Waals surface area contributed by atoms with Gasteiger partial charge in [-0.2, -0.15) is 13.2 Å². The fourth-order valence-corrected chi connectivity index (χ4v) is 3.22. The van der Waals surface area contributed by atoms with Gasteiger partial charge in [-0.3, -0.25) is 4.90 Å². The quantitative estimate of drug-likeness (QED) is 0.445. The molecule has 0 amide bonds. The molecule has 0 atom stereocenters. The van der Waals surface area contributed by atoms with Crippen molar-refractivity contribution in [1.29, 1.82) is 0 Å². The molecule has 0 spiro atoms. The number of alkyl halides is 3. The van der Waals surface area contributed by atoms with Crippen LogP contribution in [-0.2, 0) is 10.9 Å². The molecule has 3 aromatic rings. The number of hydrogen-bond acceptors (Lipinski definition) is 6. The monoisotopic (exact) mass is 442 g/mol. The third-order valence-corrected chi connectivity index (χ3v) is 4.91. The molecule has 0 saturated carbocycles. The molecular formula is C23H21F3N4O2. The number of halogens is 3. The predicted octanol–water partition coefficient (Wildman–Crippen LogP) is 3.54. The first kappa shape index (κ1) is 22.0. The number of fused-ring (bicyclic) bond motifs is 1. The fourth-order valence-electron chi connectivity index (χ4n) is 3.22. The molecule has 32 heavy (non-hydrogen) atoms. The van der Waals surface area contributed by atoms with Crippen molar-refractivity contribution < 1.29 is 22.6 Å². The van der Waals surface area contributed by atoms with Crippen LogP contribution in [0.1, 0.15) is 23.2 Å². The minimum atomic E-state index is -4.39. The molecule has 9 heteroatoms. The van der Waals surface area contributed by atoms with Gasteiger partial charge < -0.3 is 9.47 Å². The van der Waals surface area contributed by atoms with E-state index in [-0.39, 0.29) is 5.88 Å². The minimum absolute atomic E-state index is 0.284. The first-order valence-corrected chi connectivity index (χ1v) is 10.2. The zero-order chi connectivity index (χ0) is 22.4. The Bertz CT molecular complexity index is 1120. The van der Waals surface area contributed by atoms with Gasteiger partial charge in [0.25, 0.3) is 0 Å². The molecule has 1 fully saturated rings. The van der Waals surface area contributed by atoms with Crippen LogP contribution < -0.4 is 4.74 Å². The summed E-state index contributed by atoms with van der Waals surface area (Å²) in [5, 5.41) is 0. The van der Waals surface area contributed by atoms with E-state index in [0.29, 0.717) is 29.0 Å². The second kappa shape index (κ2) is 9.94. The van der Waals surface area contributed by atoms with E-state index in [4.69, 9.17) is 9.47 Å². The van der Waals surface area contributed by atoms with E-state index in [1.807, 2.05) is 0 Å². The van der Waals surface area contributed by atoms with Gasteiger partial charge in [-0.1, -0.05) is 5.92 Å². The van der Waals surface area contributed by atoms with E-state index in [1.165, 1.54) is 12.1 Å². The molecular weight excluding hydrogens is 421 g/mol. The summed E-state index contributed by atoms with van der Waals surface area (Å²) in [6.45, 7) is 4.63. The summed E-state index contributed by atoms with van der Waals surface area (Å²) in [7, 11) is 0. The van der Waals surface area contributed by atoms with Crippen molar-refractivity contribution in [3.63, 3.8) is 0 Å². The van der Waals surface area contributed by atoms with E-state index in [9.17, 15) is 13.2 Å². The number of nitrogens with zero attached hydrogens (tertiary/aromatic N) is 4. The Morgan fingerprint density at radius 2 is 1.81 bits per heavy atom. The summed E-state index contributed by atoms with van der Waals surface area (Å²) in [5.74, 6) is 5.99. The van der Waals surface area contributed by atoms with E-state index < -0.39 is 11.7 Å². The average Bonchev–Trinajstić information content (AvgIpc) is 2.80. The zero-order valence-corrected chi connectivity index (χ0v) is 17.2. The molecule has 166 valence electrons. The van der Waals surface area contributed by atoms with Crippen molar-refractivity contribution in [2.45, 2.75) is 12.6 Å². The lowest BCUT2D eigenvalue weighted by Crippen LogP contribution is -2.37. The van der Waals surface area contributed by atoms with Gasteiger partial charge >= 0.3 is 6.18 Å². The summed E-state index contributed by atoms with van der Waals surface area (Å²) >= 11 is 0. The SMILES string of the molecule is FC(F)(F)c1ccc(C#Cc2nc3ncccc3nc2OCCCN2CCOCC2)cc1. The van der Waals surface area contributed by atoms with Crippen molar-refractivity contribution in [3.05, 3.63) is 59.4 Å². The lowest BCUT2D eigenvalue weighted by Gasteiger charge is -2.26. The Kier molecular flexibility index (Phi) is 6.83. The van der Waals surface area contributed by atoms with Crippen LogP contribution in [0.3, 0.4) is 0 Å². The van der Waals surface area contributed by atoms with Crippen molar-refractivity contribution in [1.82, 2.24) is 19.9 Å². The number of ether oxygens (including phenoxy) is 2.